The first-order valence-electron chi connectivity index (χ1n) is 5.73. The van der Waals surface area contributed by atoms with Crippen LogP contribution < -0.4 is 11.1 Å². The van der Waals surface area contributed by atoms with E-state index in [4.69, 9.17) is 5.73 Å². The number of aromatic nitrogens is 2. The van der Waals surface area contributed by atoms with Crippen molar-refractivity contribution in [2.24, 2.45) is 0 Å². The number of aryl methyl sites for hydroxylation is 1. The molecule has 0 unspecified atom stereocenters. The van der Waals surface area contributed by atoms with Crippen molar-refractivity contribution in [3.8, 4) is 0 Å². The molecule has 3 N–H and O–H groups in total. The van der Waals surface area contributed by atoms with Crippen LogP contribution in [0.4, 0.5) is 5.69 Å². The zero-order valence-electron chi connectivity index (χ0n) is 10.3. The van der Waals surface area contributed by atoms with Crippen molar-refractivity contribution in [2.45, 2.75) is 20.0 Å². The van der Waals surface area contributed by atoms with E-state index in [1.165, 1.54) is 16.4 Å². The Morgan fingerprint density at radius 2 is 2.11 bits per heavy atom. The second kappa shape index (κ2) is 5.35. The van der Waals surface area contributed by atoms with E-state index < -0.39 is 0 Å². The van der Waals surface area contributed by atoms with Gasteiger partial charge in [0.15, 0.2) is 0 Å². The lowest BCUT2D eigenvalue weighted by molar-refractivity contribution is -0.122. The lowest BCUT2D eigenvalue weighted by atomic mass is 10.1. The molecule has 0 fully saturated rings. The van der Waals surface area contributed by atoms with Crippen molar-refractivity contribution in [1.82, 2.24) is 15.1 Å². The maximum absolute atomic E-state index is 11.6. The van der Waals surface area contributed by atoms with Crippen LogP contribution in [0.5, 0.6) is 0 Å². The van der Waals surface area contributed by atoms with Crippen molar-refractivity contribution in [3.05, 3.63) is 47.8 Å². The summed E-state index contributed by atoms with van der Waals surface area (Å²) in [7, 11) is 0. The average Bonchev–Trinajstić information content (AvgIpc) is 2.74. The average molecular weight is 244 g/mol. The molecule has 5 nitrogen and oxygen atoms in total. The quantitative estimate of drug-likeness (QED) is 0.845. The predicted octanol–water partition coefficient (Wildman–Crippen LogP) is 1.09. The summed E-state index contributed by atoms with van der Waals surface area (Å²) in [5.74, 6) is -0.0846. The first-order valence-corrected chi connectivity index (χ1v) is 5.73. The highest BCUT2D eigenvalue weighted by molar-refractivity contribution is 5.75. The highest BCUT2D eigenvalue weighted by Crippen LogP contribution is 2.02. The maximum atomic E-state index is 11.6. The minimum Gasteiger partial charge on any atom is -0.396 e. The lowest BCUT2D eigenvalue weighted by Gasteiger charge is -2.05. The van der Waals surface area contributed by atoms with Gasteiger partial charge in [0, 0.05) is 12.7 Å². The Labute approximate surface area is 106 Å². The number of benzene rings is 1. The molecule has 1 aromatic carbocycles. The van der Waals surface area contributed by atoms with E-state index in [0.717, 1.165) is 5.56 Å². The molecule has 1 amide bonds. The van der Waals surface area contributed by atoms with Crippen LogP contribution in [0.15, 0.2) is 36.7 Å². The van der Waals surface area contributed by atoms with Crippen molar-refractivity contribution < 1.29 is 4.79 Å². The molecule has 0 spiro atoms. The number of hydrogen-bond donors (Lipinski definition) is 2. The first kappa shape index (κ1) is 12.2. The number of hydrogen-bond acceptors (Lipinski definition) is 3. The smallest absolute Gasteiger partial charge is 0.241 e. The highest BCUT2D eigenvalue weighted by atomic mass is 16.2. The SMILES string of the molecule is Cc1ccc(CNC(=O)Cn2cc(N)cn2)cc1. The highest BCUT2D eigenvalue weighted by Gasteiger charge is 2.03. The molecule has 0 saturated heterocycles. The Kier molecular flexibility index (Phi) is 3.62. The fourth-order valence-corrected chi connectivity index (χ4v) is 1.58. The third-order valence-electron chi connectivity index (χ3n) is 2.57. The van der Waals surface area contributed by atoms with Crippen LogP contribution in [0.3, 0.4) is 0 Å². The summed E-state index contributed by atoms with van der Waals surface area (Å²) in [6.45, 7) is 2.74. The monoisotopic (exact) mass is 244 g/mol. The van der Waals surface area contributed by atoms with Crippen LogP contribution in [-0.2, 0) is 17.9 Å². The van der Waals surface area contributed by atoms with Crippen molar-refractivity contribution in [1.29, 1.82) is 0 Å². The molecule has 1 heterocycles. The van der Waals surface area contributed by atoms with Crippen LogP contribution in [-0.4, -0.2) is 15.7 Å². The Morgan fingerprint density at radius 1 is 1.39 bits per heavy atom. The molecule has 0 radical (unpaired) electrons. The summed E-state index contributed by atoms with van der Waals surface area (Å²) in [5.41, 5.74) is 8.36. The third-order valence-corrected chi connectivity index (χ3v) is 2.57. The Morgan fingerprint density at radius 3 is 2.72 bits per heavy atom. The number of nitrogens with zero attached hydrogens (tertiary/aromatic N) is 2. The summed E-state index contributed by atoms with van der Waals surface area (Å²) in [6, 6.07) is 8.05. The Hall–Kier alpha value is -2.30. The van der Waals surface area contributed by atoms with Crippen LogP contribution in [0.25, 0.3) is 0 Å². The number of amides is 1. The largest absolute Gasteiger partial charge is 0.396 e. The molecule has 0 bridgehead atoms. The molecule has 94 valence electrons. The van der Waals surface area contributed by atoms with Crippen LogP contribution >= 0.6 is 0 Å². The van der Waals surface area contributed by atoms with Gasteiger partial charge in [-0.2, -0.15) is 5.10 Å². The van der Waals surface area contributed by atoms with E-state index in [0.29, 0.717) is 12.2 Å². The van der Waals surface area contributed by atoms with Crippen LogP contribution in [0.2, 0.25) is 0 Å². The number of rotatable bonds is 4. The number of nitrogens with two attached hydrogens (primary N) is 1. The normalized spacial score (nSPS) is 10.3. The van der Waals surface area contributed by atoms with Crippen LogP contribution in [0.1, 0.15) is 11.1 Å². The van der Waals surface area contributed by atoms with Crippen molar-refractivity contribution in [2.75, 3.05) is 5.73 Å². The number of carbonyl (C=O) groups is 1. The van der Waals surface area contributed by atoms with E-state index in [1.807, 2.05) is 31.2 Å². The predicted molar refractivity (Wildman–Crippen MR) is 69.7 cm³/mol. The summed E-state index contributed by atoms with van der Waals surface area (Å²) in [5, 5.41) is 6.79. The van der Waals surface area contributed by atoms with Gasteiger partial charge in [0.2, 0.25) is 5.91 Å². The zero-order valence-corrected chi connectivity index (χ0v) is 10.3. The van der Waals surface area contributed by atoms with Crippen molar-refractivity contribution >= 4 is 11.6 Å². The standard InChI is InChI=1S/C13H16N4O/c1-10-2-4-11(5-3-10)6-15-13(18)9-17-8-12(14)7-16-17/h2-5,7-8H,6,9,14H2,1H3,(H,15,18). The minimum atomic E-state index is -0.0846. The molecule has 0 aliphatic heterocycles. The van der Waals surface area contributed by atoms with E-state index in [1.54, 1.807) is 6.20 Å². The molecular weight excluding hydrogens is 228 g/mol. The number of anilines is 1. The minimum absolute atomic E-state index is 0.0846. The molecule has 5 heteroatoms. The van der Waals surface area contributed by atoms with Gasteiger partial charge in [-0.1, -0.05) is 29.8 Å². The van der Waals surface area contributed by atoms with Crippen LogP contribution in [0, 0.1) is 6.92 Å². The summed E-state index contributed by atoms with van der Waals surface area (Å²) in [6.07, 6.45) is 3.15. The van der Waals surface area contributed by atoms with Gasteiger partial charge in [-0.15, -0.1) is 0 Å². The fourth-order valence-electron chi connectivity index (χ4n) is 1.58. The second-order valence-electron chi connectivity index (χ2n) is 4.23. The molecule has 0 atom stereocenters. The van der Waals surface area contributed by atoms with Gasteiger partial charge in [-0.05, 0) is 12.5 Å². The molecule has 2 rings (SSSR count). The van der Waals surface area contributed by atoms with Gasteiger partial charge in [0.1, 0.15) is 6.54 Å². The Bertz CT molecular complexity index is 530. The zero-order chi connectivity index (χ0) is 13.0. The van der Waals surface area contributed by atoms with Gasteiger partial charge < -0.3 is 11.1 Å². The molecule has 0 aliphatic rings. The van der Waals surface area contributed by atoms with Gasteiger partial charge >= 0.3 is 0 Å². The van der Waals surface area contributed by atoms with Gasteiger partial charge in [-0.25, -0.2) is 0 Å². The fraction of sp³-hybridized carbons (Fsp3) is 0.231. The van der Waals surface area contributed by atoms with E-state index >= 15 is 0 Å². The molecule has 0 aliphatic carbocycles. The Balaban J connectivity index is 1.83. The summed E-state index contributed by atoms with van der Waals surface area (Å²) in [4.78, 5) is 11.6. The van der Waals surface area contributed by atoms with Gasteiger partial charge in [-0.3, -0.25) is 9.48 Å². The van der Waals surface area contributed by atoms with E-state index in [-0.39, 0.29) is 12.5 Å². The molecule has 2 aromatic rings. The van der Waals surface area contributed by atoms with E-state index in [9.17, 15) is 4.79 Å². The lowest BCUT2D eigenvalue weighted by Crippen LogP contribution is -2.27. The van der Waals surface area contributed by atoms with Gasteiger partial charge in [0.25, 0.3) is 0 Å². The third kappa shape index (κ3) is 3.35. The maximum Gasteiger partial charge on any atom is 0.241 e. The van der Waals surface area contributed by atoms with E-state index in [2.05, 4.69) is 10.4 Å². The summed E-state index contributed by atoms with van der Waals surface area (Å²) >= 11 is 0. The van der Waals surface area contributed by atoms with Gasteiger partial charge in [0.05, 0.1) is 11.9 Å². The number of nitrogen functional groups attached to an aromatic ring is 1. The molecule has 18 heavy (non-hydrogen) atoms. The molecule has 1 aromatic heterocycles. The number of nitrogens with one attached hydrogen (secondary N) is 1. The molecular formula is C13H16N4O. The second-order valence-corrected chi connectivity index (χ2v) is 4.23. The summed E-state index contributed by atoms with van der Waals surface area (Å²) < 4.78 is 1.51. The number of carbonyl (C=O) groups excluding carboxylic acids is 1. The first-order chi connectivity index (χ1) is 8.63. The molecule has 0 saturated carbocycles. The topological polar surface area (TPSA) is 72.9 Å². The van der Waals surface area contributed by atoms with Crippen molar-refractivity contribution in [3.63, 3.8) is 0 Å².